The van der Waals surface area contributed by atoms with E-state index in [4.69, 9.17) is 0 Å². The zero-order valence-electron chi connectivity index (χ0n) is 12.2. The number of carbonyl (C=O) groups is 1. The van der Waals surface area contributed by atoms with Crippen LogP contribution in [0, 0.1) is 5.92 Å². The van der Waals surface area contributed by atoms with Crippen LogP contribution in [0.25, 0.3) is 0 Å². The summed E-state index contributed by atoms with van der Waals surface area (Å²) >= 11 is 0. The largest absolute Gasteiger partial charge is 0.294 e. The van der Waals surface area contributed by atoms with E-state index < -0.39 is 10.0 Å². The molecule has 1 saturated carbocycles. The maximum atomic E-state index is 12.6. The van der Waals surface area contributed by atoms with Crippen LogP contribution in [-0.4, -0.2) is 31.6 Å². The molecule has 110 valence electrons. The molecule has 2 rings (SSSR count). The van der Waals surface area contributed by atoms with Gasteiger partial charge in [0.1, 0.15) is 0 Å². The molecular formula is C15H21NO3S. The number of Topliss-reactive ketones (excluding diaryl/α,β-unsaturated/α-hetero) is 1. The van der Waals surface area contributed by atoms with Crippen LogP contribution in [0.3, 0.4) is 0 Å². The Kier molecular flexibility index (Phi) is 4.30. The predicted octanol–water partition coefficient (Wildman–Crippen LogP) is 2.70. The third-order valence-corrected chi connectivity index (χ3v) is 5.97. The van der Waals surface area contributed by atoms with Gasteiger partial charge in [0.15, 0.2) is 5.78 Å². The van der Waals surface area contributed by atoms with Crippen LogP contribution in [0.4, 0.5) is 0 Å². The highest BCUT2D eigenvalue weighted by Gasteiger charge is 2.36. The van der Waals surface area contributed by atoms with E-state index in [0.29, 0.717) is 17.9 Å². The number of hydrogen-bond donors (Lipinski definition) is 0. The molecule has 1 aromatic carbocycles. The van der Waals surface area contributed by atoms with Crippen molar-refractivity contribution < 1.29 is 13.2 Å². The van der Waals surface area contributed by atoms with E-state index in [1.165, 1.54) is 10.4 Å². The topological polar surface area (TPSA) is 54.5 Å². The molecule has 1 aliphatic rings. The van der Waals surface area contributed by atoms with Crippen LogP contribution in [-0.2, 0) is 10.0 Å². The third-order valence-electron chi connectivity index (χ3n) is 4.03. The molecule has 1 aliphatic carbocycles. The number of ketones is 1. The fraction of sp³-hybridized carbons (Fsp3) is 0.533. The molecule has 0 heterocycles. The van der Waals surface area contributed by atoms with E-state index >= 15 is 0 Å². The Hall–Kier alpha value is -1.20. The van der Waals surface area contributed by atoms with Crippen molar-refractivity contribution in [2.75, 3.05) is 7.05 Å². The number of hydrogen-bond acceptors (Lipinski definition) is 3. The third kappa shape index (κ3) is 2.94. The van der Waals surface area contributed by atoms with Crippen LogP contribution in [0.15, 0.2) is 29.2 Å². The van der Waals surface area contributed by atoms with Gasteiger partial charge in [0, 0.05) is 25.1 Å². The van der Waals surface area contributed by atoms with Crippen LogP contribution >= 0.6 is 0 Å². The zero-order chi connectivity index (χ0) is 14.9. The van der Waals surface area contributed by atoms with Crippen molar-refractivity contribution in [3.8, 4) is 0 Å². The van der Waals surface area contributed by atoms with Gasteiger partial charge in [0.05, 0.1) is 4.90 Å². The van der Waals surface area contributed by atoms with Gasteiger partial charge >= 0.3 is 0 Å². The lowest BCUT2D eigenvalue weighted by Gasteiger charge is -2.24. The summed E-state index contributed by atoms with van der Waals surface area (Å²) in [5.74, 6) is 0.426. The van der Waals surface area contributed by atoms with Gasteiger partial charge in [-0.2, -0.15) is 4.31 Å². The molecule has 0 aromatic heterocycles. The molecule has 0 N–H and O–H groups in total. The molecule has 1 fully saturated rings. The molecule has 0 spiro atoms. The minimum atomic E-state index is -3.53. The molecule has 0 saturated heterocycles. The second-order valence-corrected chi connectivity index (χ2v) is 7.40. The maximum absolute atomic E-state index is 12.6. The van der Waals surface area contributed by atoms with Gasteiger partial charge in [-0.3, -0.25) is 4.79 Å². The van der Waals surface area contributed by atoms with Gasteiger partial charge in [0.25, 0.3) is 0 Å². The van der Waals surface area contributed by atoms with Gasteiger partial charge in [0.2, 0.25) is 10.0 Å². The molecule has 20 heavy (non-hydrogen) atoms. The Bertz CT molecular complexity index is 605. The summed E-state index contributed by atoms with van der Waals surface area (Å²) in [4.78, 5) is 11.9. The Morgan fingerprint density at radius 3 is 2.60 bits per heavy atom. The fourth-order valence-corrected chi connectivity index (χ4v) is 3.76. The SMILES string of the molecule is CCC(=O)c1cccc(S(=O)(=O)N(C)C(C)C2CC2)c1. The monoisotopic (exact) mass is 295 g/mol. The first-order valence-electron chi connectivity index (χ1n) is 6.99. The van der Waals surface area contributed by atoms with E-state index in [1.807, 2.05) is 6.92 Å². The Morgan fingerprint density at radius 1 is 1.40 bits per heavy atom. The first-order chi connectivity index (χ1) is 9.37. The van der Waals surface area contributed by atoms with E-state index in [1.54, 1.807) is 32.2 Å². The van der Waals surface area contributed by atoms with Crippen molar-refractivity contribution in [1.82, 2.24) is 4.31 Å². The Labute approximate surface area is 120 Å². The summed E-state index contributed by atoms with van der Waals surface area (Å²) in [6.07, 6.45) is 2.56. The number of nitrogens with zero attached hydrogens (tertiary/aromatic N) is 1. The molecule has 1 unspecified atom stereocenters. The molecule has 4 nitrogen and oxygen atoms in total. The quantitative estimate of drug-likeness (QED) is 0.758. The molecular weight excluding hydrogens is 274 g/mol. The smallest absolute Gasteiger partial charge is 0.243 e. The summed E-state index contributed by atoms with van der Waals surface area (Å²) in [6, 6.07) is 6.33. The molecule has 0 radical (unpaired) electrons. The maximum Gasteiger partial charge on any atom is 0.243 e. The molecule has 1 aromatic rings. The second kappa shape index (κ2) is 5.66. The van der Waals surface area contributed by atoms with Gasteiger partial charge < -0.3 is 0 Å². The standard InChI is InChI=1S/C15H21NO3S/c1-4-15(17)13-6-5-7-14(10-13)20(18,19)16(3)11(2)12-8-9-12/h5-7,10-12H,4,8-9H2,1-3H3. The van der Waals surface area contributed by atoms with Gasteiger partial charge in [-0.1, -0.05) is 19.1 Å². The first-order valence-corrected chi connectivity index (χ1v) is 8.43. The summed E-state index contributed by atoms with van der Waals surface area (Å²) in [7, 11) is -1.91. The summed E-state index contributed by atoms with van der Waals surface area (Å²) < 4.78 is 26.6. The van der Waals surface area contributed by atoms with Crippen LogP contribution in [0.5, 0.6) is 0 Å². The zero-order valence-corrected chi connectivity index (χ0v) is 13.0. The van der Waals surface area contributed by atoms with Crippen LogP contribution in [0.2, 0.25) is 0 Å². The molecule has 0 bridgehead atoms. The second-order valence-electron chi connectivity index (χ2n) is 5.40. The van der Waals surface area contributed by atoms with Gasteiger partial charge in [-0.15, -0.1) is 0 Å². The van der Waals surface area contributed by atoms with Crippen molar-refractivity contribution in [2.24, 2.45) is 5.92 Å². The summed E-state index contributed by atoms with van der Waals surface area (Å²) in [5, 5.41) is 0. The summed E-state index contributed by atoms with van der Waals surface area (Å²) in [5.41, 5.74) is 0.459. The lowest BCUT2D eigenvalue weighted by Crippen LogP contribution is -2.36. The highest BCUT2D eigenvalue weighted by atomic mass is 32.2. The van der Waals surface area contributed by atoms with Gasteiger partial charge in [-0.25, -0.2) is 8.42 Å². The van der Waals surface area contributed by atoms with E-state index in [2.05, 4.69) is 0 Å². The predicted molar refractivity (Wildman–Crippen MR) is 78.2 cm³/mol. The lowest BCUT2D eigenvalue weighted by atomic mass is 10.1. The van der Waals surface area contributed by atoms with E-state index in [-0.39, 0.29) is 16.7 Å². The van der Waals surface area contributed by atoms with E-state index in [9.17, 15) is 13.2 Å². The molecule has 5 heteroatoms. The number of benzene rings is 1. The number of carbonyl (C=O) groups excluding carboxylic acids is 1. The normalized spacial score (nSPS) is 17.2. The Morgan fingerprint density at radius 2 is 2.05 bits per heavy atom. The highest BCUT2D eigenvalue weighted by molar-refractivity contribution is 7.89. The summed E-state index contributed by atoms with van der Waals surface area (Å²) in [6.45, 7) is 3.71. The van der Waals surface area contributed by atoms with Crippen molar-refractivity contribution in [2.45, 2.75) is 44.0 Å². The number of rotatable bonds is 6. The highest BCUT2D eigenvalue weighted by Crippen LogP contribution is 2.36. The molecule has 0 amide bonds. The number of sulfonamides is 1. The van der Waals surface area contributed by atoms with Crippen LogP contribution < -0.4 is 0 Å². The molecule has 0 aliphatic heterocycles. The lowest BCUT2D eigenvalue weighted by molar-refractivity contribution is 0.0988. The van der Waals surface area contributed by atoms with Crippen molar-refractivity contribution in [3.63, 3.8) is 0 Å². The van der Waals surface area contributed by atoms with Crippen molar-refractivity contribution in [1.29, 1.82) is 0 Å². The van der Waals surface area contributed by atoms with Crippen molar-refractivity contribution >= 4 is 15.8 Å². The minimum Gasteiger partial charge on any atom is -0.294 e. The Balaban J connectivity index is 2.31. The fourth-order valence-electron chi connectivity index (χ4n) is 2.29. The average molecular weight is 295 g/mol. The van der Waals surface area contributed by atoms with Gasteiger partial charge in [-0.05, 0) is 37.8 Å². The van der Waals surface area contributed by atoms with Crippen molar-refractivity contribution in [3.05, 3.63) is 29.8 Å². The minimum absolute atomic E-state index is 0.00512. The molecule has 1 atom stereocenters. The van der Waals surface area contributed by atoms with Crippen LogP contribution in [0.1, 0.15) is 43.5 Å². The first kappa shape index (κ1) is 15.2. The average Bonchev–Trinajstić information content (AvgIpc) is 3.29. The van der Waals surface area contributed by atoms with E-state index in [0.717, 1.165) is 12.8 Å².